The van der Waals surface area contributed by atoms with E-state index in [1.165, 1.54) is 16.8 Å². The number of halogens is 1. The van der Waals surface area contributed by atoms with E-state index in [0.717, 1.165) is 12.1 Å². The van der Waals surface area contributed by atoms with Gasteiger partial charge in [0, 0.05) is 17.7 Å². The van der Waals surface area contributed by atoms with E-state index in [-0.39, 0.29) is 12.4 Å². The molecule has 2 nitrogen and oxygen atoms in total. The van der Waals surface area contributed by atoms with Crippen LogP contribution in [0.2, 0.25) is 0 Å². The summed E-state index contributed by atoms with van der Waals surface area (Å²) in [5.74, 6) is 0. The first-order valence-corrected chi connectivity index (χ1v) is 4.82. The number of rotatable bonds is 2. The molecule has 0 atom stereocenters. The lowest BCUT2D eigenvalue weighted by atomic mass is 10.0. The van der Waals surface area contributed by atoms with E-state index in [4.69, 9.17) is 0 Å². The van der Waals surface area contributed by atoms with Crippen LogP contribution in [0.15, 0.2) is 30.3 Å². The van der Waals surface area contributed by atoms with Crippen LogP contribution in [-0.2, 0) is 6.42 Å². The Kier molecular flexibility index (Phi) is 3.92. The van der Waals surface area contributed by atoms with Gasteiger partial charge in [-0.2, -0.15) is 5.10 Å². The number of hydrogen-bond acceptors (Lipinski definition) is 1. The Morgan fingerprint density at radius 2 is 1.80 bits per heavy atom. The van der Waals surface area contributed by atoms with Crippen molar-refractivity contribution in [3.63, 3.8) is 0 Å². The lowest BCUT2D eigenvalue weighted by Gasteiger charge is -2.00. The van der Waals surface area contributed by atoms with Crippen molar-refractivity contribution in [2.75, 3.05) is 0 Å². The fourth-order valence-electron chi connectivity index (χ4n) is 1.63. The van der Waals surface area contributed by atoms with Crippen LogP contribution in [0, 0.1) is 13.8 Å². The van der Waals surface area contributed by atoms with E-state index in [1.807, 2.05) is 13.0 Å². The van der Waals surface area contributed by atoms with E-state index in [1.54, 1.807) is 0 Å². The zero-order chi connectivity index (χ0) is 9.97. The molecule has 2 aromatic rings. The summed E-state index contributed by atoms with van der Waals surface area (Å²) in [5.41, 5.74) is 4.93. The van der Waals surface area contributed by atoms with Crippen LogP contribution in [0.25, 0.3) is 0 Å². The van der Waals surface area contributed by atoms with Gasteiger partial charge in [0.1, 0.15) is 0 Å². The summed E-state index contributed by atoms with van der Waals surface area (Å²) in [6.45, 7) is 4.11. The second-order valence-corrected chi connectivity index (χ2v) is 3.57. The van der Waals surface area contributed by atoms with Gasteiger partial charge in [0.05, 0.1) is 5.69 Å². The van der Waals surface area contributed by atoms with Gasteiger partial charge in [-0.15, -0.1) is 12.4 Å². The number of aryl methyl sites for hydroxylation is 2. The topological polar surface area (TPSA) is 28.7 Å². The van der Waals surface area contributed by atoms with Crippen LogP contribution in [0.5, 0.6) is 0 Å². The lowest BCUT2D eigenvalue weighted by Crippen LogP contribution is -1.90. The van der Waals surface area contributed by atoms with Gasteiger partial charge in [-0.1, -0.05) is 30.3 Å². The van der Waals surface area contributed by atoms with Crippen molar-refractivity contribution in [2.45, 2.75) is 20.3 Å². The van der Waals surface area contributed by atoms with Crippen molar-refractivity contribution in [3.8, 4) is 0 Å². The Balaban J connectivity index is 0.00000112. The van der Waals surface area contributed by atoms with Crippen molar-refractivity contribution in [1.82, 2.24) is 10.2 Å². The van der Waals surface area contributed by atoms with E-state index >= 15 is 0 Å². The summed E-state index contributed by atoms with van der Waals surface area (Å²) in [7, 11) is 0. The maximum Gasteiger partial charge on any atom is 0.0629 e. The van der Waals surface area contributed by atoms with E-state index in [2.05, 4.69) is 41.4 Å². The minimum absolute atomic E-state index is 0. The minimum Gasteiger partial charge on any atom is -0.282 e. The normalized spacial score (nSPS) is 9.73. The molecule has 15 heavy (non-hydrogen) atoms. The molecule has 0 amide bonds. The summed E-state index contributed by atoms with van der Waals surface area (Å²) >= 11 is 0. The van der Waals surface area contributed by atoms with Crippen LogP contribution >= 0.6 is 12.4 Å². The number of nitrogens with one attached hydrogen (secondary N) is 1. The van der Waals surface area contributed by atoms with Crippen LogP contribution < -0.4 is 0 Å². The Morgan fingerprint density at radius 3 is 2.33 bits per heavy atom. The van der Waals surface area contributed by atoms with E-state index in [0.29, 0.717) is 0 Å². The van der Waals surface area contributed by atoms with E-state index in [9.17, 15) is 0 Å². The zero-order valence-corrected chi connectivity index (χ0v) is 9.77. The maximum absolute atomic E-state index is 4.19. The van der Waals surface area contributed by atoms with Gasteiger partial charge < -0.3 is 0 Å². The first kappa shape index (κ1) is 11.8. The lowest BCUT2D eigenvalue weighted by molar-refractivity contribution is 1.02. The highest BCUT2D eigenvalue weighted by molar-refractivity contribution is 5.85. The zero-order valence-electron chi connectivity index (χ0n) is 8.95. The molecule has 2 rings (SSSR count). The second-order valence-electron chi connectivity index (χ2n) is 3.57. The fourth-order valence-corrected chi connectivity index (χ4v) is 1.63. The molecule has 0 unspecified atom stereocenters. The molecule has 0 aliphatic heterocycles. The molecule has 0 saturated carbocycles. The number of benzene rings is 1. The van der Waals surface area contributed by atoms with Crippen LogP contribution in [0.3, 0.4) is 0 Å². The standard InChI is InChI=1S/C12H14N2.ClH/c1-9-12(10(2)14-13-9)8-11-6-4-3-5-7-11;/h3-7H,8H2,1-2H3,(H,13,14);1H. The average molecular weight is 223 g/mol. The summed E-state index contributed by atoms with van der Waals surface area (Å²) < 4.78 is 0. The van der Waals surface area contributed by atoms with Gasteiger partial charge in [-0.3, -0.25) is 5.10 Å². The summed E-state index contributed by atoms with van der Waals surface area (Å²) in [6.07, 6.45) is 0.967. The van der Waals surface area contributed by atoms with Crippen LogP contribution in [0.1, 0.15) is 22.5 Å². The molecule has 0 spiro atoms. The van der Waals surface area contributed by atoms with Crippen molar-refractivity contribution < 1.29 is 0 Å². The predicted molar refractivity (Wildman–Crippen MR) is 64.6 cm³/mol. The molecule has 1 aromatic heterocycles. The first-order valence-electron chi connectivity index (χ1n) is 4.82. The van der Waals surface area contributed by atoms with Crippen molar-refractivity contribution in [3.05, 3.63) is 52.8 Å². The predicted octanol–water partition coefficient (Wildman–Crippen LogP) is 3.04. The maximum atomic E-state index is 4.19. The van der Waals surface area contributed by atoms with Crippen molar-refractivity contribution in [1.29, 1.82) is 0 Å². The molecule has 1 heterocycles. The molecular weight excluding hydrogens is 208 g/mol. The molecule has 0 radical (unpaired) electrons. The average Bonchev–Trinajstić information content (AvgIpc) is 2.51. The number of hydrogen-bond donors (Lipinski definition) is 1. The van der Waals surface area contributed by atoms with Gasteiger partial charge in [-0.25, -0.2) is 0 Å². The Hall–Kier alpha value is -1.28. The molecule has 0 aliphatic carbocycles. The molecular formula is C12H15ClN2. The van der Waals surface area contributed by atoms with Crippen molar-refractivity contribution in [2.24, 2.45) is 0 Å². The van der Waals surface area contributed by atoms with Crippen molar-refractivity contribution >= 4 is 12.4 Å². The monoisotopic (exact) mass is 222 g/mol. The summed E-state index contributed by atoms with van der Waals surface area (Å²) in [5, 5.41) is 7.19. The SMILES string of the molecule is Cc1n[nH]c(C)c1Cc1ccccc1.Cl. The molecule has 0 fully saturated rings. The third kappa shape index (κ3) is 2.60. The molecule has 0 saturated heterocycles. The highest BCUT2D eigenvalue weighted by Gasteiger charge is 2.06. The Labute approximate surface area is 96.1 Å². The molecule has 1 aromatic carbocycles. The van der Waals surface area contributed by atoms with Gasteiger partial charge >= 0.3 is 0 Å². The number of aromatic amines is 1. The Morgan fingerprint density at radius 1 is 1.13 bits per heavy atom. The van der Waals surface area contributed by atoms with Gasteiger partial charge in [0.2, 0.25) is 0 Å². The third-order valence-electron chi connectivity index (χ3n) is 2.50. The van der Waals surface area contributed by atoms with Gasteiger partial charge in [0.15, 0.2) is 0 Å². The highest BCUT2D eigenvalue weighted by atomic mass is 35.5. The largest absolute Gasteiger partial charge is 0.282 e. The van der Waals surface area contributed by atoms with E-state index < -0.39 is 0 Å². The third-order valence-corrected chi connectivity index (χ3v) is 2.50. The number of nitrogens with zero attached hydrogens (tertiary/aromatic N) is 1. The molecule has 1 N–H and O–H groups in total. The smallest absolute Gasteiger partial charge is 0.0629 e. The van der Waals surface area contributed by atoms with Crippen LogP contribution in [0.4, 0.5) is 0 Å². The molecule has 80 valence electrons. The van der Waals surface area contributed by atoms with Gasteiger partial charge in [-0.05, 0) is 19.4 Å². The molecule has 0 bridgehead atoms. The molecule has 0 aliphatic rings. The minimum atomic E-state index is 0. The number of H-pyrrole nitrogens is 1. The summed E-state index contributed by atoms with van der Waals surface area (Å²) in [6, 6.07) is 10.5. The highest BCUT2D eigenvalue weighted by Crippen LogP contribution is 2.14. The van der Waals surface area contributed by atoms with Crippen LogP contribution in [-0.4, -0.2) is 10.2 Å². The quantitative estimate of drug-likeness (QED) is 0.832. The Bertz CT molecular complexity index is 401. The second kappa shape index (κ2) is 4.99. The van der Waals surface area contributed by atoms with Gasteiger partial charge in [0.25, 0.3) is 0 Å². The first-order chi connectivity index (χ1) is 6.77. The summed E-state index contributed by atoms with van der Waals surface area (Å²) in [4.78, 5) is 0. The number of aromatic nitrogens is 2. The molecule has 3 heteroatoms. The fraction of sp³-hybridized carbons (Fsp3) is 0.250.